The Balaban J connectivity index is 2.39. The molecule has 1 heterocycles. The van der Waals surface area contributed by atoms with Crippen molar-refractivity contribution in [3.8, 4) is 0 Å². The van der Waals surface area contributed by atoms with E-state index >= 15 is 0 Å². The molecule has 1 aromatic heterocycles. The average molecular weight is 243 g/mol. The van der Waals surface area contributed by atoms with Gasteiger partial charge in [-0.15, -0.1) is 0 Å². The van der Waals surface area contributed by atoms with Crippen LogP contribution in [0.25, 0.3) is 0 Å². The SMILES string of the molecule is COCCN(CCC(=O)OC)Cc1ncon1. The van der Waals surface area contributed by atoms with Gasteiger partial charge in [0.15, 0.2) is 5.82 Å². The van der Waals surface area contributed by atoms with E-state index in [2.05, 4.69) is 19.4 Å². The van der Waals surface area contributed by atoms with Crippen LogP contribution in [-0.4, -0.2) is 54.9 Å². The molecule has 0 aliphatic carbocycles. The molecule has 0 bridgehead atoms. The van der Waals surface area contributed by atoms with E-state index in [0.717, 1.165) is 0 Å². The van der Waals surface area contributed by atoms with Gasteiger partial charge in [-0.25, -0.2) is 0 Å². The highest BCUT2D eigenvalue weighted by atomic mass is 16.5. The summed E-state index contributed by atoms with van der Waals surface area (Å²) in [5, 5.41) is 3.73. The van der Waals surface area contributed by atoms with E-state index in [0.29, 0.717) is 38.5 Å². The second-order valence-corrected chi connectivity index (χ2v) is 3.44. The standard InChI is InChI=1S/C10H17N3O4/c1-15-6-5-13(4-3-10(14)16-2)7-9-11-8-17-12-9/h8H,3-7H2,1-2H3. The molecule has 0 amide bonds. The van der Waals surface area contributed by atoms with Crippen molar-refractivity contribution in [2.75, 3.05) is 33.9 Å². The van der Waals surface area contributed by atoms with Crippen molar-refractivity contribution in [2.24, 2.45) is 0 Å². The van der Waals surface area contributed by atoms with Crippen LogP contribution >= 0.6 is 0 Å². The van der Waals surface area contributed by atoms with Gasteiger partial charge in [0.05, 0.1) is 26.7 Å². The van der Waals surface area contributed by atoms with Crippen molar-refractivity contribution in [3.63, 3.8) is 0 Å². The zero-order valence-corrected chi connectivity index (χ0v) is 10.1. The molecule has 17 heavy (non-hydrogen) atoms. The third-order valence-electron chi connectivity index (χ3n) is 2.24. The minimum Gasteiger partial charge on any atom is -0.469 e. The largest absolute Gasteiger partial charge is 0.469 e. The van der Waals surface area contributed by atoms with Crippen LogP contribution in [0.2, 0.25) is 0 Å². The van der Waals surface area contributed by atoms with Crippen LogP contribution in [0.4, 0.5) is 0 Å². The number of aromatic nitrogens is 2. The Bertz CT molecular complexity index is 315. The van der Waals surface area contributed by atoms with Gasteiger partial charge >= 0.3 is 5.97 Å². The van der Waals surface area contributed by atoms with Crippen LogP contribution in [0, 0.1) is 0 Å². The molecule has 0 saturated heterocycles. The molecule has 0 aromatic carbocycles. The maximum atomic E-state index is 11.1. The van der Waals surface area contributed by atoms with E-state index in [4.69, 9.17) is 4.74 Å². The number of esters is 1. The second-order valence-electron chi connectivity index (χ2n) is 3.44. The highest BCUT2D eigenvalue weighted by Gasteiger charge is 2.11. The number of hydrogen-bond acceptors (Lipinski definition) is 7. The summed E-state index contributed by atoms with van der Waals surface area (Å²) >= 11 is 0. The first-order valence-corrected chi connectivity index (χ1v) is 5.29. The normalized spacial score (nSPS) is 10.8. The molecule has 0 radical (unpaired) electrons. The van der Waals surface area contributed by atoms with Gasteiger partial charge in [-0.1, -0.05) is 5.16 Å². The number of hydrogen-bond donors (Lipinski definition) is 0. The summed E-state index contributed by atoms with van der Waals surface area (Å²) in [7, 11) is 3.01. The van der Waals surface area contributed by atoms with Gasteiger partial charge < -0.3 is 14.0 Å². The van der Waals surface area contributed by atoms with Gasteiger partial charge in [-0.05, 0) is 0 Å². The van der Waals surface area contributed by atoms with Gasteiger partial charge in [-0.2, -0.15) is 4.98 Å². The Morgan fingerprint density at radius 2 is 2.29 bits per heavy atom. The topological polar surface area (TPSA) is 77.7 Å². The van der Waals surface area contributed by atoms with Crippen molar-refractivity contribution < 1.29 is 18.8 Å². The van der Waals surface area contributed by atoms with Crippen molar-refractivity contribution in [1.29, 1.82) is 0 Å². The van der Waals surface area contributed by atoms with Crippen LogP contribution in [0.1, 0.15) is 12.2 Å². The minimum absolute atomic E-state index is 0.236. The molecule has 0 spiro atoms. The van der Waals surface area contributed by atoms with E-state index < -0.39 is 0 Å². The van der Waals surface area contributed by atoms with Gasteiger partial charge in [0.2, 0.25) is 6.39 Å². The Morgan fingerprint density at radius 3 is 2.88 bits per heavy atom. The molecular formula is C10H17N3O4. The first kappa shape index (κ1) is 13.6. The highest BCUT2D eigenvalue weighted by molar-refractivity contribution is 5.69. The van der Waals surface area contributed by atoms with E-state index in [1.54, 1.807) is 7.11 Å². The number of rotatable bonds is 8. The Labute approximate surface area is 99.7 Å². The maximum Gasteiger partial charge on any atom is 0.306 e. The van der Waals surface area contributed by atoms with Crippen molar-refractivity contribution >= 4 is 5.97 Å². The molecule has 0 aliphatic heterocycles. The number of carbonyl (C=O) groups excluding carboxylic acids is 1. The fourth-order valence-electron chi connectivity index (χ4n) is 1.30. The van der Waals surface area contributed by atoms with Gasteiger partial charge in [0.25, 0.3) is 0 Å². The van der Waals surface area contributed by atoms with Crippen LogP contribution in [-0.2, 0) is 20.8 Å². The molecule has 7 heteroatoms. The molecule has 1 aromatic rings. The highest BCUT2D eigenvalue weighted by Crippen LogP contribution is 2.00. The van der Waals surface area contributed by atoms with Crippen molar-refractivity contribution in [1.82, 2.24) is 15.0 Å². The lowest BCUT2D eigenvalue weighted by molar-refractivity contribution is -0.141. The summed E-state index contributed by atoms with van der Waals surface area (Å²) in [5.74, 6) is 0.353. The maximum absolute atomic E-state index is 11.1. The molecule has 0 N–H and O–H groups in total. The minimum atomic E-state index is -0.236. The quantitative estimate of drug-likeness (QED) is 0.598. The zero-order valence-electron chi connectivity index (χ0n) is 10.1. The summed E-state index contributed by atoms with van der Waals surface area (Å²) in [4.78, 5) is 17.0. The summed E-state index contributed by atoms with van der Waals surface area (Å²) in [6.07, 6.45) is 1.61. The molecule has 0 atom stereocenters. The Kier molecular flexibility index (Phi) is 6.19. The van der Waals surface area contributed by atoms with Crippen LogP contribution in [0.5, 0.6) is 0 Å². The van der Waals surface area contributed by atoms with Crippen molar-refractivity contribution in [3.05, 3.63) is 12.2 Å². The van der Waals surface area contributed by atoms with Crippen LogP contribution < -0.4 is 0 Å². The zero-order chi connectivity index (χ0) is 12.5. The summed E-state index contributed by atoms with van der Waals surface area (Å²) < 4.78 is 14.3. The number of carbonyl (C=O) groups is 1. The molecule has 0 aliphatic rings. The monoisotopic (exact) mass is 243 g/mol. The third kappa shape index (κ3) is 5.41. The molecule has 96 valence electrons. The predicted octanol–water partition coefficient (Wildman–Crippen LogP) is 0.0811. The molecule has 0 unspecified atom stereocenters. The molecule has 7 nitrogen and oxygen atoms in total. The molecule has 1 rings (SSSR count). The molecule has 0 saturated carbocycles. The smallest absolute Gasteiger partial charge is 0.306 e. The predicted molar refractivity (Wildman–Crippen MR) is 58.1 cm³/mol. The van der Waals surface area contributed by atoms with Gasteiger partial charge in [0, 0.05) is 20.2 Å². The summed E-state index contributed by atoms with van der Waals surface area (Å²) in [6.45, 7) is 2.38. The Hall–Kier alpha value is -1.47. The van der Waals surface area contributed by atoms with E-state index in [1.807, 2.05) is 4.90 Å². The lowest BCUT2D eigenvalue weighted by Crippen LogP contribution is -2.30. The van der Waals surface area contributed by atoms with Crippen molar-refractivity contribution in [2.45, 2.75) is 13.0 Å². The average Bonchev–Trinajstić information content (AvgIpc) is 2.84. The number of ether oxygens (including phenoxy) is 2. The first-order valence-electron chi connectivity index (χ1n) is 5.29. The lowest BCUT2D eigenvalue weighted by Gasteiger charge is -2.19. The lowest BCUT2D eigenvalue weighted by atomic mass is 10.3. The fourth-order valence-corrected chi connectivity index (χ4v) is 1.30. The third-order valence-corrected chi connectivity index (χ3v) is 2.24. The molecule has 0 fully saturated rings. The van der Waals surface area contributed by atoms with E-state index in [1.165, 1.54) is 13.5 Å². The summed E-state index contributed by atoms with van der Waals surface area (Å²) in [5.41, 5.74) is 0. The van der Waals surface area contributed by atoms with E-state index in [9.17, 15) is 4.79 Å². The van der Waals surface area contributed by atoms with Crippen LogP contribution in [0.3, 0.4) is 0 Å². The van der Waals surface area contributed by atoms with Gasteiger partial charge in [-0.3, -0.25) is 9.69 Å². The van der Waals surface area contributed by atoms with Crippen LogP contribution in [0.15, 0.2) is 10.9 Å². The number of nitrogens with zero attached hydrogens (tertiary/aromatic N) is 3. The molecular weight excluding hydrogens is 226 g/mol. The van der Waals surface area contributed by atoms with Gasteiger partial charge in [0.1, 0.15) is 0 Å². The first-order chi connectivity index (χ1) is 8.26. The Morgan fingerprint density at radius 1 is 1.47 bits per heavy atom. The fraction of sp³-hybridized carbons (Fsp3) is 0.700. The van der Waals surface area contributed by atoms with E-state index in [-0.39, 0.29) is 5.97 Å². The second kappa shape index (κ2) is 7.75. The number of methoxy groups -OCH3 is 2. The summed E-state index contributed by atoms with van der Waals surface area (Å²) in [6, 6.07) is 0.